The summed E-state index contributed by atoms with van der Waals surface area (Å²) in [7, 11) is -3.57. The number of hydrogen-bond acceptors (Lipinski definition) is 5. The summed E-state index contributed by atoms with van der Waals surface area (Å²) in [6.45, 7) is -1.17. The van der Waals surface area contributed by atoms with Crippen molar-refractivity contribution in [2.45, 2.75) is 35.9 Å². The predicted octanol–water partition coefficient (Wildman–Crippen LogP) is 3.47. The van der Waals surface area contributed by atoms with E-state index in [0.29, 0.717) is 15.2 Å². The van der Waals surface area contributed by atoms with Gasteiger partial charge in [0.2, 0.25) is 10.0 Å². The molecule has 1 amide bonds. The number of nitrogens with zero attached hydrogens (tertiary/aromatic N) is 3. The number of rotatable bonds is 5. The number of benzene rings is 1. The molecule has 16 heteroatoms. The van der Waals surface area contributed by atoms with E-state index >= 15 is 4.39 Å². The van der Waals surface area contributed by atoms with Crippen LogP contribution < -0.4 is 10.1 Å². The van der Waals surface area contributed by atoms with Crippen molar-refractivity contribution in [1.82, 2.24) is 14.1 Å². The molecule has 2 heterocycles. The van der Waals surface area contributed by atoms with Crippen molar-refractivity contribution in [2.24, 2.45) is 7.05 Å². The Labute approximate surface area is 188 Å². The Bertz CT molecular complexity index is 1150. The molecule has 1 aliphatic rings. The normalized spacial score (nSPS) is 17.4. The molecular weight excluding hydrogens is 501 g/mol. The van der Waals surface area contributed by atoms with E-state index in [-0.39, 0.29) is 5.69 Å². The van der Waals surface area contributed by atoms with E-state index in [1.807, 2.05) is 0 Å². The van der Waals surface area contributed by atoms with Crippen LogP contribution in [0.1, 0.15) is 18.5 Å². The summed E-state index contributed by atoms with van der Waals surface area (Å²) in [4.78, 5) is 11.3. The van der Waals surface area contributed by atoms with Gasteiger partial charge in [0.05, 0.1) is 0 Å². The number of ether oxygens (including phenoxy) is 1. The Morgan fingerprint density at radius 1 is 1.09 bits per heavy atom. The monoisotopic (exact) mass is 518 g/mol. The number of hydrogen-bond donors (Lipinski definition) is 1. The zero-order valence-corrected chi connectivity index (χ0v) is 18.1. The maximum atomic E-state index is 15.2. The molecule has 1 fully saturated rings. The lowest BCUT2D eigenvalue weighted by Gasteiger charge is -2.34. The van der Waals surface area contributed by atoms with E-state index in [1.54, 1.807) is 0 Å². The highest BCUT2D eigenvalue weighted by atomic mass is 32.2. The van der Waals surface area contributed by atoms with Crippen molar-refractivity contribution in [3.8, 4) is 5.75 Å². The van der Waals surface area contributed by atoms with Crippen LogP contribution in [0.5, 0.6) is 5.75 Å². The van der Waals surface area contributed by atoms with Crippen LogP contribution in [-0.2, 0) is 28.0 Å². The van der Waals surface area contributed by atoms with E-state index in [1.165, 1.54) is 0 Å². The van der Waals surface area contributed by atoms with E-state index < -0.39 is 76.4 Å². The lowest BCUT2D eigenvalue weighted by Crippen LogP contribution is -2.50. The Balaban J connectivity index is 1.68. The molecule has 2 aromatic rings. The lowest BCUT2D eigenvalue weighted by atomic mass is 9.93. The van der Waals surface area contributed by atoms with Crippen LogP contribution in [0.4, 0.5) is 36.4 Å². The fraction of sp³-hybridized carbons (Fsp3) is 0.444. The fourth-order valence-electron chi connectivity index (χ4n) is 3.28. The van der Waals surface area contributed by atoms with Gasteiger partial charge in [-0.1, -0.05) is 0 Å². The number of alkyl halides is 7. The topological polar surface area (TPSA) is 93.5 Å². The molecule has 0 spiro atoms. The minimum atomic E-state index is -5.04. The van der Waals surface area contributed by atoms with Crippen LogP contribution >= 0.6 is 0 Å². The van der Waals surface area contributed by atoms with Gasteiger partial charge in [-0.3, -0.25) is 9.48 Å². The first-order valence-electron chi connectivity index (χ1n) is 9.48. The van der Waals surface area contributed by atoms with Gasteiger partial charge < -0.3 is 10.1 Å². The summed E-state index contributed by atoms with van der Waals surface area (Å²) in [6, 6.07) is 3.89. The highest BCUT2D eigenvalue weighted by Gasteiger charge is 2.47. The smallest absolute Gasteiger partial charge is 0.406 e. The van der Waals surface area contributed by atoms with Crippen LogP contribution in [0.25, 0.3) is 0 Å². The highest BCUT2D eigenvalue weighted by molar-refractivity contribution is 7.89. The Morgan fingerprint density at radius 2 is 1.65 bits per heavy atom. The molecule has 1 aromatic carbocycles. The minimum Gasteiger partial charge on any atom is -0.406 e. The third-order valence-electron chi connectivity index (χ3n) is 4.95. The van der Waals surface area contributed by atoms with Crippen molar-refractivity contribution >= 4 is 21.6 Å². The molecule has 0 radical (unpaired) electrons. The van der Waals surface area contributed by atoms with Gasteiger partial charge in [0.1, 0.15) is 10.6 Å². The molecule has 1 N–H and O–H groups in total. The van der Waals surface area contributed by atoms with Crippen LogP contribution in [0.3, 0.4) is 0 Å². The van der Waals surface area contributed by atoms with Gasteiger partial charge in [-0.15, -0.1) is 13.2 Å². The number of piperidine rings is 1. The lowest BCUT2D eigenvalue weighted by molar-refractivity contribution is -0.274. The molecule has 34 heavy (non-hydrogen) atoms. The molecule has 0 unspecified atom stereocenters. The van der Waals surface area contributed by atoms with Crippen molar-refractivity contribution in [3.63, 3.8) is 0 Å². The first-order valence-corrected chi connectivity index (χ1v) is 10.9. The minimum absolute atomic E-state index is 0.0446. The molecule has 0 bridgehead atoms. The van der Waals surface area contributed by atoms with Gasteiger partial charge in [0.25, 0.3) is 5.91 Å². The number of anilines is 1. The third kappa shape index (κ3) is 5.60. The molecule has 1 aliphatic heterocycles. The van der Waals surface area contributed by atoms with Gasteiger partial charge in [-0.2, -0.15) is 22.6 Å². The Kier molecular flexibility index (Phi) is 6.60. The first-order chi connectivity index (χ1) is 15.5. The zero-order chi connectivity index (χ0) is 25.5. The van der Waals surface area contributed by atoms with Gasteiger partial charge >= 0.3 is 12.5 Å². The van der Waals surface area contributed by atoms with E-state index in [4.69, 9.17) is 0 Å². The largest absolute Gasteiger partial charge is 0.573 e. The molecule has 3 rings (SSSR count). The fourth-order valence-corrected chi connectivity index (χ4v) is 4.91. The summed E-state index contributed by atoms with van der Waals surface area (Å²) >= 11 is 0. The number of carbonyl (C=O) groups excluding carboxylic acids is 1. The number of sulfonamides is 1. The molecule has 0 aliphatic carbocycles. The van der Waals surface area contributed by atoms with Crippen LogP contribution in [0.15, 0.2) is 35.4 Å². The molecule has 188 valence electrons. The maximum absolute atomic E-state index is 15.2. The summed E-state index contributed by atoms with van der Waals surface area (Å²) in [5.41, 5.74) is -4.21. The van der Waals surface area contributed by atoms with Gasteiger partial charge in [-0.05, 0) is 24.3 Å². The van der Waals surface area contributed by atoms with Crippen molar-refractivity contribution < 1.29 is 48.7 Å². The predicted molar refractivity (Wildman–Crippen MR) is 102 cm³/mol. The molecule has 1 aromatic heterocycles. The SMILES string of the molecule is Cn1cc(S(=O)(=O)N2CCC(F)(C(=O)Nc3ccc(OC(F)(F)F)cc3)CC2)c(C(F)(F)F)n1. The second-order valence-corrected chi connectivity index (χ2v) is 9.32. The van der Waals surface area contributed by atoms with E-state index in [0.717, 1.165) is 31.3 Å². The summed E-state index contributed by atoms with van der Waals surface area (Å²) in [5, 5.41) is 5.33. The molecule has 8 nitrogen and oxygen atoms in total. The average Bonchev–Trinajstić information content (AvgIpc) is 3.12. The average molecular weight is 518 g/mol. The first kappa shape index (κ1) is 25.7. The standard InChI is InChI=1S/C18H17F7N4O4S/c1-28-10-13(14(27-28)17(20,21)22)34(31,32)29-8-6-16(19,7-9-29)15(30)26-11-2-4-12(5-3-11)33-18(23,24)25/h2-5,10H,6-9H2,1H3,(H,26,30). The number of nitrogens with one attached hydrogen (secondary N) is 1. The second-order valence-electron chi connectivity index (χ2n) is 7.41. The van der Waals surface area contributed by atoms with Crippen LogP contribution in [0, 0.1) is 0 Å². The Morgan fingerprint density at radius 3 is 2.15 bits per heavy atom. The van der Waals surface area contributed by atoms with Crippen molar-refractivity contribution in [3.05, 3.63) is 36.2 Å². The number of aryl methyl sites for hydroxylation is 1. The zero-order valence-electron chi connectivity index (χ0n) is 17.2. The van der Waals surface area contributed by atoms with Crippen molar-refractivity contribution in [2.75, 3.05) is 18.4 Å². The van der Waals surface area contributed by atoms with Crippen molar-refractivity contribution in [1.29, 1.82) is 0 Å². The number of halogens is 7. The summed E-state index contributed by atoms with van der Waals surface area (Å²) < 4.78 is 122. The number of carbonyl (C=O) groups is 1. The Hall–Kier alpha value is -2.88. The van der Waals surface area contributed by atoms with Gasteiger partial charge in [0.15, 0.2) is 11.4 Å². The quantitative estimate of drug-likeness (QED) is 0.612. The number of amides is 1. The van der Waals surface area contributed by atoms with Gasteiger partial charge in [-0.25, -0.2) is 12.8 Å². The summed E-state index contributed by atoms with van der Waals surface area (Å²) in [6.07, 6.45) is -10.6. The van der Waals surface area contributed by atoms with E-state index in [2.05, 4.69) is 15.2 Å². The van der Waals surface area contributed by atoms with Crippen LogP contribution in [-0.4, -0.2) is 53.5 Å². The van der Waals surface area contributed by atoms with Gasteiger partial charge in [0, 0.05) is 44.9 Å². The summed E-state index contributed by atoms with van der Waals surface area (Å²) in [5.74, 6) is -1.74. The highest BCUT2D eigenvalue weighted by Crippen LogP contribution is 2.36. The molecule has 1 saturated heterocycles. The molecule has 0 atom stereocenters. The van der Waals surface area contributed by atoms with E-state index in [9.17, 15) is 39.6 Å². The van der Waals surface area contributed by atoms with Crippen LogP contribution in [0.2, 0.25) is 0 Å². The second kappa shape index (κ2) is 8.72. The molecular formula is C18H17F7N4O4S. The number of aromatic nitrogens is 2. The molecule has 0 saturated carbocycles. The maximum Gasteiger partial charge on any atom is 0.573 e. The third-order valence-corrected chi connectivity index (χ3v) is 6.85.